The fourth-order valence-electron chi connectivity index (χ4n) is 3.92. The Balaban J connectivity index is 1.34. The quantitative estimate of drug-likeness (QED) is 0.594. The van der Waals surface area contributed by atoms with E-state index in [0.717, 1.165) is 23.2 Å². The minimum absolute atomic E-state index is 0.0550. The smallest absolute Gasteiger partial charge is 0.218 e. The number of rotatable bonds is 6. The molecule has 0 aliphatic carbocycles. The Labute approximate surface area is 184 Å². The first-order valence-corrected chi connectivity index (χ1v) is 12.0. The Bertz CT molecular complexity index is 1160. The van der Waals surface area contributed by atoms with Gasteiger partial charge in [0.15, 0.2) is 0 Å². The second kappa shape index (κ2) is 9.44. The highest BCUT2D eigenvalue weighted by Crippen LogP contribution is 2.24. The summed E-state index contributed by atoms with van der Waals surface area (Å²) in [5.41, 5.74) is 4.64. The highest BCUT2D eigenvalue weighted by Gasteiger charge is 2.27. The number of hydrogen-bond acceptors (Lipinski definition) is 4. The van der Waals surface area contributed by atoms with E-state index in [1.807, 2.05) is 66.7 Å². The van der Waals surface area contributed by atoms with Crippen molar-refractivity contribution in [1.29, 1.82) is 5.26 Å². The van der Waals surface area contributed by atoms with Crippen molar-refractivity contribution in [2.75, 3.05) is 26.2 Å². The molecule has 0 aromatic heterocycles. The highest BCUT2D eigenvalue weighted by molar-refractivity contribution is 7.88. The van der Waals surface area contributed by atoms with E-state index in [1.54, 1.807) is 4.31 Å². The Hall–Kier alpha value is -2.98. The van der Waals surface area contributed by atoms with E-state index < -0.39 is 10.0 Å². The number of sulfonamides is 1. The van der Waals surface area contributed by atoms with E-state index in [9.17, 15) is 13.7 Å². The van der Waals surface area contributed by atoms with Crippen LogP contribution in [0.15, 0.2) is 78.9 Å². The van der Waals surface area contributed by atoms with Gasteiger partial charge in [0.2, 0.25) is 10.0 Å². The van der Waals surface area contributed by atoms with E-state index in [0.29, 0.717) is 31.7 Å². The van der Waals surface area contributed by atoms with Gasteiger partial charge in [-0.2, -0.15) is 9.57 Å². The average molecular weight is 432 g/mol. The molecule has 158 valence electrons. The van der Waals surface area contributed by atoms with Crippen LogP contribution in [0.3, 0.4) is 0 Å². The molecule has 0 amide bonds. The molecule has 6 heteroatoms. The average Bonchev–Trinajstić information content (AvgIpc) is 2.80. The predicted molar refractivity (Wildman–Crippen MR) is 123 cm³/mol. The summed E-state index contributed by atoms with van der Waals surface area (Å²) in [5, 5.41) is 9.31. The van der Waals surface area contributed by atoms with E-state index in [-0.39, 0.29) is 5.75 Å². The fourth-order valence-corrected chi connectivity index (χ4v) is 5.44. The van der Waals surface area contributed by atoms with Gasteiger partial charge in [0, 0.05) is 32.7 Å². The lowest BCUT2D eigenvalue weighted by molar-refractivity contribution is 0.181. The molecular formula is C25H25N3O2S. The van der Waals surface area contributed by atoms with E-state index in [1.165, 1.54) is 5.56 Å². The normalized spacial score (nSPS) is 15.5. The van der Waals surface area contributed by atoms with Crippen LogP contribution in [-0.2, 0) is 22.3 Å². The summed E-state index contributed by atoms with van der Waals surface area (Å²) in [6, 6.07) is 27.4. The third kappa shape index (κ3) is 5.20. The summed E-state index contributed by atoms with van der Waals surface area (Å²) in [6.45, 7) is 3.25. The maximum atomic E-state index is 12.7. The molecule has 0 spiro atoms. The Kier molecular flexibility index (Phi) is 6.47. The summed E-state index contributed by atoms with van der Waals surface area (Å²) in [5.74, 6) is 0.0550. The molecule has 1 fully saturated rings. The van der Waals surface area contributed by atoms with Crippen molar-refractivity contribution in [1.82, 2.24) is 9.21 Å². The molecule has 1 saturated heterocycles. The zero-order chi connectivity index (χ0) is 21.7. The van der Waals surface area contributed by atoms with Gasteiger partial charge >= 0.3 is 0 Å². The van der Waals surface area contributed by atoms with Crippen LogP contribution in [0, 0.1) is 11.3 Å². The summed E-state index contributed by atoms with van der Waals surface area (Å²) >= 11 is 0. The molecule has 0 unspecified atom stereocenters. The lowest BCUT2D eigenvalue weighted by Crippen LogP contribution is -2.48. The van der Waals surface area contributed by atoms with Gasteiger partial charge in [-0.25, -0.2) is 8.42 Å². The Morgan fingerprint density at radius 2 is 1.42 bits per heavy atom. The standard InChI is InChI=1S/C25H25N3O2S/c26-18-24-8-4-5-9-25(24)23-12-10-21(11-13-23)19-27-14-16-28(17-15-27)31(29,30)20-22-6-2-1-3-7-22/h1-13H,14-17,19-20H2. The van der Waals surface area contributed by atoms with Crippen LogP contribution in [0.5, 0.6) is 0 Å². The van der Waals surface area contributed by atoms with Crippen LogP contribution in [0.4, 0.5) is 0 Å². The van der Waals surface area contributed by atoms with Crippen LogP contribution >= 0.6 is 0 Å². The van der Waals surface area contributed by atoms with Gasteiger partial charge in [0.1, 0.15) is 0 Å². The third-order valence-corrected chi connectivity index (χ3v) is 7.49. The SMILES string of the molecule is N#Cc1ccccc1-c1ccc(CN2CCN(S(=O)(=O)Cc3ccccc3)CC2)cc1. The minimum Gasteiger partial charge on any atom is -0.296 e. The molecule has 0 atom stereocenters. The monoisotopic (exact) mass is 431 g/mol. The Morgan fingerprint density at radius 1 is 0.774 bits per heavy atom. The molecule has 3 aromatic carbocycles. The molecule has 1 aliphatic rings. The van der Waals surface area contributed by atoms with Crippen molar-refractivity contribution < 1.29 is 8.42 Å². The molecule has 31 heavy (non-hydrogen) atoms. The van der Waals surface area contributed by atoms with Crippen LogP contribution in [-0.4, -0.2) is 43.8 Å². The van der Waals surface area contributed by atoms with Crippen molar-refractivity contribution in [3.63, 3.8) is 0 Å². The largest absolute Gasteiger partial charge is 0.296 e. The summed E-state index contributed by atoms with van der Waals surface area (Å²) in [4.78, 5) is 2.28. The molecule has 0 bridgehead atoms. The van der Waals surface area contributed by atoms with Gasteiger partial charge < -0.3 is 0 Å². The maximum Gasteiger partial charge on any atom is 0.218 e. The summed E-state index contributed by atoms with van der Waals surface area (Å²) in [6.07, 6.45) is 0. The molecule has 1 aliphatic heterocycles. The number of hydrogen-bond donors (Lipinski definition) is 0. The zero-order valence-corrected chi connectivity index (χ0v) is 18.1. The second-order valence-corrected chi connectivity index (χ2v) is 9.74. The van der Waals surface area contributed by atoms with Crippen molar-refractivity contribution in [2.45, 2.75) is 12.3 Å². The predicted octanol–water partition coefficient (Wildman–Crippen LogP) is 3.87. The van der Waals surface area contributed by atoms with Gasteiger partial charge in [-0.15, -0.1) is 0 Å². The summed E-state index contributed by atoms with van der Waals surface area (Å²) in [7, 11) is -3.30. The van der Waals surface area contributed by atoms with E-state index >= 15 is 0 Å². The van der Waals surface area contributed by atoms with Gasteiger partial charge in [-0.1, -0.05) is 72.8 Å². The van der Waals surface area contributed by atoms with Crippen LogP contribution in [0.1, 0.15) is 16.7 Å². The van der Waals surface area contributed by atoms with Gasteiger partial charge in [-0.3, -0.25) is 4.90 Å². The molecule has 5 nitrogen and oxygen atoms in total. The maximum absolute atomic E-state index is 12.7. The molecule has 0 saturated carbocycles. The molecular weight excluding hydrogens is 406 g/mol. The first-order chi connectivity index (χ1) is 15.0. The lowest BCUT2D eigenvalue weighted by Gasteiger charge is -2.34. The molecule has 3 aromatic rings. The highest BCUT2D eigenvalue weighted by atomic mass is 32.2. The minimum atomic E-state index is -3.30. The Morgan fingerprint density at radius 3 is 2.10 bits per heavy atom. The lowest BCUT2D eigenvalue weighted by atomic mass is 9.99. The zero-order valence-electron chi connectivity index (χ0n) is 17.3. The molecule has 4 rings (SSSR count). The van der Waals surface area contributed by atoms with Crippen molar-refractivity contribution in [3.05, 3.63) is 95.6 Å². The second-order valence-electron chi connectivity index (χ2n) is 7.77. The molecule has 0 radical (unpaired) electrons. The third-order valence-electron chi connectivity index (χ3n) is 5.64. The number of nitriles is 1. The van der Waals surface area contributed by atoms with Gasteiger partial charge in [0.05, 0.1) is 17.4 Å². The fraction of sp³-hybridized carbons (Fsp3) is 0.240. The number of piperazine rings is 1. The van der Waals surface area contributed by atoms with Crippen LogP contribution in [0.2, 0.25) is 0 Å². The van der Waals surface area contributed by atoms with Crippen molar-refractivity contribution >= 4 is 10.0 Å². The molecule has 0 N–H and O–H groups in total. The first kappa shape index (κ1) is 21.3. The topological polar surface area (TPSA) is 64.4 Å². The first-order valence-electron chi connectivity index (χ1n) is 10.4. The summed E-state index contributed by atoms with van der Waals surface area (Å²) < 4.78 is 27.1. The van der Waals surface area contributed by atoms with Crippen molar-refractivity contribution in [3.8, 4) is 17.2 Å². The van der Waals surface area contributed by atoms with Crippen molar-refractivity contribution in [2.24, 2.45) is 0 Å². The number of nitrogens with zero attached hydrogens (tertiary/aromatic N) is 3. The van der Waals surface area contributed by atoms with Gasteiger partial charge in [-0.05, 0) is 28.3 Å². The van der Waals surface area contributed by atoms with Crippen LogP contribution < -0.4 is 0 Å². The van der Waals surface area contributed by atoms with Gasteiger partial charge in [0.25, 0.3) is 0 Å². The number of benzene rings is 3. The van der Waals surface area contributed by atoms with E-state index in [2.05, 4.69) is 23.1 Å². The van der Waals surface area contributed by atoms with E-state index in [4.69, 9.17) is 0 Å². The van der Waals surface area contributed by atoms with Crippen LogP contribution in [0.25, 0.3) is 11.1 Å². The molecule has 1 heterocycles.